The SMILES string of the molecule is CNC(C)c1ccc(F)cc1-c1cc(F)ccc1C. The van der Waals surface area contributed by atoms with Gasteiger partial charge in [-0.05, 0) is 67.4 Å². The van der Waals surface area contributed by atoms with Crippen molar-refractivity contribution in [2.24, 2.45) is 0 Å². The van der Waals surface area contributed by atoms with E-state index in [2.05, 4.69) is 5.32 Å². The molecule has 1 atom stereocenters. The standard InChI is InChI=1S/C16H17F2N/c1-10-4-5-12(17)8-15(10)16-9-13(18)6-7-14(16)11(2)19-3/h4-9,11,19H,1-3H3. The Kier molecular flexibility index (Phi) is 3.96. The molecule has 0 heterocycles. The average molecular weight is 261 g/mol. The van der Waals surface area contributed by atoms with Crippen LogP contribution in [0, 0.1) is 18.6 Å². The molecule has 0 saturated carbocycles. The van der Waals surface area contributed by atoms with Crippen LogP contribution in [0.15, 0.2) is 36.4 Å². The first-order valence-electron chi connectivity index (χ1n) is 6.26. The van der Waals surface area contributed by atoms with E-state index in [-0.39, 0.29) is 17.7 Å². The number of hydrogen-bond donors (Lipinski definition) is 1. The van der Waals surface area contributed by atoms with Gasteiger partial charge in [0.25, 0.3) is 0 Å². The third-order valence-corrected chi connectivity index (χ3v) is 3.40. The zero-order chi connectivity index (χ0) is 14.0. The summed E-state index contributed by atoms with van der Waals surface area (Å²) in [4.78, 5) is 0. The Morgan fingerprint density at radius 1 is 0.947 bits per heavy atom. The van der Waals surface area contributed by atoms with Crippen molar-refractivity contribution >= 4 is 0 Å². The molecule has 0 saturated heterocycles. The molecular formula is C16H17F2N. The number of hydrogen-bond acceptors (Lipinski definition) is 1. The molecule has 0 aliphatic rings. The number of nitrogens with one attached hydrogen (secondary N) is 1. The van der Waals surface area contributed by atoms with E-state index in [1.165, 1.54) is 24.3 Å². The Morgan fingerprint density at radius 3 is 2.16 bits per heavy atom. The molecule has 100 valence electrons. The van der Waals surface area contributed by atoms with Gasteiger partial charge in [0, 0.05) is 6.04 Å². The Morgan fingerprint density at radius 2 is 1.53 bits per heavy atom. The topological polar surface area (TPSA) is 12.0 Å². The number of aryl methyl sites for hydroxylation is 1. The summed E-state index contributed by atoms with van der Waals surface area (Å²) in [5, 5.41) is 3.13. The fourth-order valence-electron chi connectivity index (χ4n) is 2.18. The largest absolute Gasteiger partial charge is 0.313 e. The fourth-order valence-corrected chi connectivity index (χ4v) is 2.18. The molecule has 2 aromatic carbocycles. The second-order valence-electron chi connectivity index (χ2n) is 4.70. The Labute approximate surface area is 112 Å². The van der Waals surface area contributed by atoms with E-state index in [1.54, 1.807) is 12.1 Å². The van der Waals surface area contributed by atoms with E-state index in [0.717, 1.165) is 22.3 Å². The first kappa shape index (κ1) is 13.7. The molecule has 1 unspecified atom stereocenters. The first-order valence-corrected chi connectivity index (χ1v) is 6.26. The third kappa shape index (κ3) is 2.82. The van der Waals surface area contributed by atoms with E-state index >= 15 is 0 Å². The van der Waals surface area contributed by atoms with Gasteiger partial charge in [0.05, 0.1) is 0 Å². The summed E-state index contributed by atoms with van der Waals surface area (Å²) in [6, 6.07) is 9.29. The molecular weight excluding hydrogens is 244 g/mol. The van der Waals surface area contributed by atoms with Crippen LogP contribution in [-0.2, 0) is 0 Å². The van der Waals surface area contributed by atoms with Gasteiger partial charge in [-0.1, -0.05) is 12.1 Å². The quantitative estimate of drug-likeness (QED) is 0.872. The lowest BCUT2D eigenvalue weighted by Crippen LogP contribution is -2.13. The predicted octanol–water partition coefficient (Wildman–Crippen LogP) is 4.22. The third-order valence-electron chi connectivity index (χ3n) is 3.40. The summed E-state index contributed by atoms with van der Waals surface area (Å²) >= 11 is 0. The van der Waals surface area contributed by atoms with Gasteiger partial charge in [-0.2, -0.15) is 0 Å². The Hall–Kier alpha value is -1.74. The number of benzene rings is 2. The summed E-state index contributed by atoms with van der Waals surface area (Å²) in [7, 11) is 1.84. The molecule has 0 fully saturated rings. The molecule has 0 aliphatic heterocycles. The predicted molar refractivity (Wildman–Crippen MR) is 74.0 cm³/mol. The van der Waals surface area contributed by atoms with E-state index in [1.807, 2.05) is 20.9 Å². The molecule has 2 rings (SSSR count). The molecule has 0 aromatic heterocycles. The smallest absolute Gasteiger partial charge is 0.123 e. The van der Waals surface area contributed by atoms with Crippen molar-refractivity contribution < 1.29 is 8.78 Å². The highest BCUT2D eigenvalue weighted by molar-refractivity contribution is 5.71. The molecule has 19 heavy (non-hydrogen) atoms. The number of rotatable bonds is 3. The molecule has 0 radical (unpaired) electrons. The highest BCUT2D eigenvalue weighted by Gasteiger charge is 2.13. The lowest BCUT2D eigenvalue weighted by atomic mass is 9.92. The van der Waals surface area contributed by atoms with Crippen LogP contribution >= 0.6 is 0 Å². The van der Waals surface area contributed by atoms with Gasteiger partial charge in [0.1, 0.15) is 11.6 Å². The zero-order valence-electron chi connectivity index (χ0n) is 11.3. The van der Waals surface area contributed by atoms with Crippen LogP contribution in [-0.4, -0.2) is 7.05 Å². The van der Waals surface area contributed by atoms with Gasteiger partial charge in [-0.15, -0.1) is 0 Å². The highest BCUT2D eigenvalue weighted by atomic mass is 19.1. The maximum Gasteiger partial charge on any atom is 0.123 e. The van der Waals surface area contributed by atoms with Gasteiger partial charge in [0.15, 0.2) is 0 Å². The fraction of sp³-hybridized carbons (Fsp3) is 0.250. The summed E-state index contributed by atoms with van der Waals surface area (Å²) in [5.74, 6) is -0.626. The second-order valence-corrected chi connectivity index (χ2v) is 4.70. The second kappa shape index (κ2) is 5.49. The van der Waals surface area contributed by atoms with E-state index in [4.69, 9.17) is 0 Å². The van der Waals surface area contributed by atoms with Crippen molar-refractivity contribution in [3.8, 4) is 11.1 Å². The molecule has 0 amide bonds. The molecule has 0 bridgehead atoms. The Balaban J connectivity index is 2.66. The molecule has 0 spiro atoms. The van der Waals surface area contributed by atoms with Crippen LogP contribution in [0.1, 0.15) is 24.1 Å². The lowest BCUT2D eigenvalue weighted by Gasteiger charge is -2.17. The van der Waals surface area contributed by atoms with Crippen molar-refractivity contribution in [1.82, 2.24) is 5.32 Å². The minimum absolute atomic E-state index is 0.0678. The molecule has 1 N–H and O–H groups in total. The lowest BCUT2D eigenvalue weighted by molar-refractivity contribution is 0.618. The van der Waals surface area contributed by atoms with Crippen LogP contribution in [0.2, 0.25) is 0 Å². The van der Waals surface area contributed by atoms with Crippen molar-refractivity contribution in [3.05, 3.63) is 59.2 Å². The summed E-state index contributed by atoms with van der Waals surface area (Å²) in [6.45, 7) is 3.89. The monoisotopic (exact) mass is 261 g/mol. The number of halogens is 2. The summed E-state index contributed by atoms with van der Waals surface area (Å²) in [6.07, 6.45) is 0. The van der Waals surface area contributed by atoms with Gasteiger partial charge in [-0.3, -0.25) is 0 Å². The zero-order valence-corrected chi connectivity index (χ0v) is 11.3. The summed E-state index contributed by atoms with van der Waals surface area (Å²) in [5.41, 5.74) is 3.35. The highest BCUT2D eigenvalue weighted by Crippen LogP contribution is 2.31. The first-order chi connectivity index (χ1) is 9.02. The molecule has 3 heteroatoms. The molecule has 1 nitrogen and oxygen atoms in total. The maximum absolute atomic E-state index is 13.5. The van der Waals surface area contributed by atoms with Crippen LogP contribution in [0.25, 0.3) is 11.1 Å². The van der Waals surface area contributed by atoms with Gasteiger partial charge < -0.3 is 5.32 Å². The normalized spacial score (nSPS) is 12.5. The van der Waals surface area contributed by atoms with E-state index in [9.17, 15) is 8.78 Å². The van der Waals surface area contributed by atoms with Gasteiger partial charge in [-0.25, -0.2) is 8.78 Å². The maximum atomic E-state index is 13.5. The average Bonchev–Trinajstić information content (AvgIpc) is 2.40. The van der Waals surface area contributed by atoms with Gasteiger partial charge in [0.2, 0.25) is 0 Å². The molecule has 2 aromatic rings. The van der Waals surface area contributed by atoms with Gasteiger partial charge >= 0.3 is 0 Å². The van der Waals surface area contributed by atoms with Crippen LogP contribution in [0.4, 0.5) is 8.78 Å². The minimum atomic E-state index is -0.314. The van der Waals surface area contributed by atoms with Crippen molar-refractivity contribution in [3.63, 3.8) is 0 Å². The van der Waals surface area contributed by atoms with E-state index in [0.29, 0.717) is 0 Å². The van der Waals surface area contributed by atoms with E-state index < -0.39 is 0 Å². The minimum Gasteiger partial charge on any atom is -0.313 e. The molecule has 0 aliphatic carbocycles. The Bertz CT molecular complexity index is 593. The van der Waals surface area contributed by atoms with Crippen molar-refractivity contribution in [2.75, 3.05) is 7.05 Å². The van der Waals surface area contributed by atoms with Crippen molar-refractivity contribution in [1.29, 1.82) is 0 Å². The van der Waals surface area contributed by atoms with Crippen LogP contribution in [0.3, 0.4) is 0 Å². The summed E-state index contributed by atoms with van der Waals surface area (Å²) < 4.78 is 27.0. The van der Waals surface area contributed by atoms with Crippen molar-refractivity contribution in [2.45, 2.75) is 19.9 Å². The van der Waals surface area contributed by atoms with Crippen LogP contribution < -0.4 is 5.32 Å². The van der Waals surface area contributed by atoms with Crippen LogP contribution in [0.5, 0.6) is 0 Å².